The van der Waals surface area contributed by atoms with E-state index >= 15 is 0 Å². The Bertz CT molecular complexity index is 1280. The number of para-hydroxylation sites is 1. The van der Waals surface area contributed by atoms with Crippen molar-refractivity contribution in [1.29, 1.82) is 0 Å². The molecular weight excluding hydrogens is 406 g/mol. The highest BCUT2D eigenvalue weighted by molar-refractivity contribution is 7.92. The van der Waals surface area contributed by atoms with E-state index in [4.69, 9.17) is 18.6 Å². The van der Waals surface area contributed by atoms with Gasteiger partial charge in [0.05, 0.1) is 24.3 Å². The molecule has 0 aliphatic heterocycles. The molecule has 1 aromatic heterocycles. The molecule has 7 nitrogen and oxygen atoms in total. The molecule has 0 spiro atoms. The number of rotatable bonds is 8. The van der Waals surface area contributed by atoms with Crippen molar-refractivity contribution in [3.05, 3.63) is 60.7 Å². The van der Waals surface area contributed by atoms with E-state index in [1.807, 2.05) is 24.3 Å². The molecule has 0 fully saturated rings. The van der Waals surface area contributed by atoms with Gasteiger partial charge in [0, 0.05) is 23.9 Å². The van der Waals surface area contributed by atoms with Crippen molar-refractivity contribution in [1.82, 2.24) is 0 Å². The molecule has 4 aromatic rings. The summed E-state index contributed by atoms with van der Waals surface area (Å²) >= 11 is 0. The molecule has 0 saturated heterocycles. The fraction of sp³-hybridized carbons (Fsp3) is 0.182. The molecule has 0 aliphatic rings. The van der Waals surface area contributed by atoms with Crippen LogP contribution in [-0.4, -0.2) is 35.9 Å². The average Bonchev–Trinajstić information content (AvgIpc) is 3.11. The molecular formula is C22H21NO6S. The Morgan fingerprint density at radius 2 is 1.67 bits per heavy atom. The van der Waals surface area contributed by atoms with E-state index in [1.54, 1.807) is 31.4 Å². The van der Waals surface area contributed by atoms with Crippen LogP contribution in [0.5, 0.6) is 11.5 Å². The second kappa shape index (κ2) is 8.25. The zero-order valence-electron chi connectivity index (χ0n) is 16.5. The Balaban J connectivity index is 1.64. The van der Waals surface area contributed by atoms with Gasteiger partial charge in [-0.2, -0.15) is 0 Å². The van der Waals surface area contributed by atoms with Crippen LogP contribution >= 0.6 is 0 Å². The van der Waals surface area contributed by atoms with Gasteiger partial charge in [-0.25, -0.2) is 8.42 Å². The third-order valence-electron chi connectivity index (χ3n) is 4.63. The lowest BCUT2D eigenvalue weighted by molar-refractivity contribution is 0.146. The Kier molecular flexibility index (Phi) is 5.52. The first-order valence-electron chi connectivity index (χ1n) is 9.26. The predicted molar refractivity (Wildman–Crippen MR) is 115 cm³/mol. The summed E-state index contributed by atoms with van der Waals surface area (Å²) in [7, 11) is -0.760. The van der Waals surface area contributed by atoms with Gasteiger partial charge in [0.15, 0.2) is 0 Å². The quantitative estimate of drug-likeness (QED) is 0.419. The van der Waals surface area contributed by atoms with E-state index in [0.717, 1.165) is 16.4 Å². The number of benzene rings is 3. The van der Waals surface area contributed by atoms with E-state index < -0.39 is 10.0 Å². The highest BCUT2D eigenvalue weighted by atomic mass is 32.2. The van der Waals surface area contributed by atoms with Gasteiger partial charge in [-0.05, 0) is 36.4 Å². The van der Waals surface area contributed by atoms with Crippen molar-refractivity contribution in [3.8, 4) is 11.5 Å². The molecule has 0 radical (unpaired) electrons. The Hall–Kier alpha value is -3.23. The highest BCUT2D eigenvalue weighted by Gasteiger charge is 2.19. The maximum absolute atomic E-state index is 12.9. The van der Waals surface area contributed by atoms with Crippen molar-refractivity contribution in [2.45, 2.75) is 4.90 Å². The van der Waals surface area contributed by atoms with Crippen LogP contribution in [0.15, 0.2) is 70.0 Å². The molecule has 3 aromatic carbocycles. The number of methoxy groups -OCH3 is 2. The number of nitrogens with one attached hydrogen (secondary N) is 1. The van der Waals surface area contributed by atoms with Crippen molar-refractivity contribution in [2.75, 3.05) is 32.2 Å². The lowest BCUT2D eigenvalue weighted by Crippen LogP contribution is -2.13. The van der Waals surface area contributed by atoms with E-state index in [-0.39, 0.29) is 4.90 Å². The summed E-state index contributed by atoms with van der Waals surface area (Å²) in [5.74, 6) is 0.962. The SMILES string of the molecule is COCCOc1ccc(S(=O)(=O)Nc2cc3oc4ccccc4c3cc2OC)cc1. The largest absolute Gasteiger partial charge is 0.495 e. The molecule has 1 heterocycles. The second-order valence-corrected chi connectivity index (χ2v) is 8.25. The minimum atomic E-state index is -3.84. The van der Waals surface area contributed by atoms with E-state index in [9.17, 15) is 8.42 Å². The standard InChI is InChI=1S/C22H21NO6S/c1-26-11-12-28-15-7-9-16(10-8-15)30(24,25)23-19-14-21-18(13-22(19)27-2)17-5-3-4-6-20(17)29-21/h3-10,13-14,23H,11-12H2,1-2H3. The average molecular weight is 427 g/mol. The summed E-state index contributed by atoms with van der Waals surface area (Å²) in [4.78, 5) is 0.105. The molecule has 0 atom stereocenters. The number of hydrogen-bond acceptors (Lipinski definition) is 6. The van der Waals surface area contributed by atoms with Crippen molar-refractivity contribution in [2.24, 2.45) is 0 Å². The molecule has 0 unspecified atom stereocenters. The molecule has 0 saturated carbocycles. The van der Waals surface area contributed by atoms with Crippen LogP contribution in [0.3, 0.4) is 0 Å². The van der Waals surface area contributed by atoms with Gasteiger partial charge in [-0.3, -0.25) is 4.72 Å². The number of ether oxygens (including phenoxy) is 3. The molecule has 0 aliphatic carbocycles. The molecule has 4 rings (SSSR count). The fourth-order valence-electron chi connectivity index (χ4n) is 3.16. The van der Waals surface area contributed by atoms with Gasteiger partial charge in [-0.1, -0.05) is 18.2 Å². The summed E-state index contributed by atoms with van der Waals surface area (Å²) in [6.45, 7) is 0.835. The van der Waals surface area contributed by atoms with Crippen LogP contribution in [0.2, 0.25) is 0 Å². The Labute approximate surface area is 174 Å². The third-order valence-corrected chi connectivity index (χ3v) is 6.01. The Morgan fingerprint density at radius 1 is 0.900 bits per heavy atom. The lowest BCUT2D eigenvalue weighted by atomic mass is 10.1. The fourth-order valence-corrected chi connectivity index (χ4v) is 4.22. The first-order valence-corrected chi connectivity index (χ1v) is 10.7. The van der Waals surface area contributed by atoms with Gasteiger partial charge in [0.25, 0.3) is 10.0 Å². The minimum Gasteiger partial charge on any atom is -0.495 e. The molecule has 0 amide bonds. The predicted octanol–water partition coefficient (Wildman–Crippen LogP) is 4.42. The lowest BCUT2D eigenvalue weighted by Gasteiger charge is -2.12. The zero-order chi connectivity index (χ0) is 21.1. The van der Waals surface area contributed by atoms with Crippen LogP contribution in [0.25, 0.3) is 21.9 Å². The number of anilines is 1. The smallest absolute Gasteiger partial charge is 0.262 e. The zero-order valence-corrected chi connectivity index (χ0v) is 17.4. The molecule has 8 heteroatoms. The maximum atomic E-state index is 12.9. The van der Waals surface area contributed by atoms with Crippen LogP contribution in [0.1, 0.15) is 0 Å². The molecule has 0 bridgehead atoms. The Morgan fingerprint density at radius 3 is 2.40 bits per heavy atom. The van der Waals surface area contributed by atoms with Crippen LogP contribution in [-0.2, 0) is 14.8 Å². The summed E-state index contributed by atoms with van der Waals surface area (Å²) in [6.07, 6.45) is 0. The first-order chi connectivity index (χ1) is 14.5. The van der Waals surface area contributed by atoms with Gasteiger partial charge < -0.3 is 18.6 Å². The van der Waals surface area contributed by atoms with E-state index in [2.05, 4.69) is 4.72 Å². The first kappa shape index (κ1) is 20.1. The van der Waals surface area contributed by atoms with Crippen molar-refractivity contribution in [3.63, 3.8) is 0 Å². The molecule has 1 N–H and O–H groups in total. The number of hydrogen-bond donors (Lipinski definition) is 1. The molecule has 30 heavy (non-hydrogen) atoms. The van der Waals surface area contributed by atoms with Gasteiger partial charge in [0.1, 0.15) is 29.3 Å². The summed E-state index contributed by atoms with van der Waals surface area (Å²) in [5.41, 5.74) is 1.58. The topological polar surface area (TPSA) is 87.0 Å². The second-order valence-electron chi connectivity index (χ2n) is 6.57. The summed E-state index contributed by atoms with van der Waals surface area (Å²) in [6, 6.07) is 17.2. The van der Waals surface area contributed by atoms with Gasteiger partial charge in [-0.15, -0.1) is 0 Å². The normalized spacial score (nSPS) is 11.7. The monoisotopic (exact) mass is 427 g/mol. The number of furan rings is 1. The van der Waals surface area contributed by atoms with Crippen LogP contribution in [0.4, 0.5) is 5.69 Å². The van der Waals surface area contributed by atoms with Gasteiger partial charge >= 0.3 is 0 Å². The number of sulfonamides is 1. The van der Waals surface area contributed by atoms with Crippen LogP contribution < -0.4 is 14.2 Å². The third kappa shape index (κ3) is 3.92. The van der Waals surface area contributed by atoms with Crippen LogP contribution in [0, 0.1) is 0 Å². The van der Waals surface area contributed by atoms with Gasteiger partial charge in [0.2, 0.25) is 0 Å². The maximum Gasteiger partial charge on any atom is 0.262 e. The summed E-state index contributed by atoms with van der Waals surface area (Å²) in [5, 5.41) is 1.78. The minimum absolute atomic E-state index is 0.105. The molecule has 156 valence electrons. The van der Waals surface area contributed by atoms with Crippen molar-refractivity contribution < 1.29 is 27.0 Å². The van der Waals surface area contributed by atoms with E-state index in [1.165, 1.54) is 19.2 Å². The summed E-state index contributed by atoms with van der Waals surface area (Å²) < 4.78 is 50.1. The van der Waals surface area contributed by atoms with Crippen molar-refractivity contribution >= 4 is 37.6 Å². The van der Waals surface area contributed by atoms with E-state index in [0.29, 0.717) is 36.0 Å². The highest BCUT2D eigenvalue weighted by Crippen LogP contribution is 2.37. The number of fused-ring (bicyclic) bond motifs is 3.